The number of nitrogens with zero attached hydrogens (tertiary/aromatic N) is 2. The van der Waals surface area contributed by atoms with Gasteiger partial charge in [-0.05, 0) is 62.4 Å². The fraction of sp³-hybridized carbons (Fsp3) is 0.667. The first-order chi connectivity index (χ1) is 13.0. The van der Waals surface area contributed by atoms with Crippen LogP contribution in [0.15, 0.2) is 24.3 Å². The fourth-order valence-corrected chi connectivity index (χ4v) is 4.12. The highest BCUT2D eigenvalue weighted by Crippen LogP contribution is 2.20. The summed E-state index contributed by atoms with van der Waals surface area (Å²) in [6, 6.07) is 8.11. The molecule has 27 heavy (non-hydrogen) atoms. The third-order valence-corrected chi connectivity index (χ3v) is 5.90. The van der Waals surface area contributed by atoms with E-state index in [-0.39, 0.29) is 18.1 Å². The number of benzene rings is 1. The Morgan fingerprint density at radius 3 is 2.59 bits per heavy atom. The summed E-state index contributed by atoms with van der Waals surface area (Å²) in [5.41, 5.74) is 1.34. The van der Waals surface area contributed by atoms with Crippen molar-refractivity contribution in [2.75, 3.05) is 46.9 Å². The van der Waals surface area contributed by atoms with Gasteiger partial charge in [0.25, 0.3) is 0 Å². The van der Waals surface area contributed by atoms with Crippen LogP contribution >= 0.6 is 0 Å². The zero-order valence-electron chi connectivity index (χ0n) is 16.6. The topological polar surface area (TPSA) is 65.0 Å². The second-order valence-corrected chi connectivity index (χ2v) is 7.95. The van der Waals surface area contributed by atoms with Crippen LogP contribution in [-0.4, -0.2) is 79.8 Å². The molecule has 1 aromatic carbocycles. The van der Waals surface area contributed by atoms with E-state index in [4.69, 9.17) is 4.74 Å². The minimum absolute atomic E-state index is 0.119. The Bertz CT molecular complexity index is 599. The lowest BCUT2D eigenvalue weighted by atomic mass is 9.95. The molecule has 1 amide bonds. The Morgan fingerprint density at radius 2 is 2.00 bits per heavy atom. The maximum atomic E-state index is 12.5. The molecule has 2 aliphatic rings. The molecule has 2 saturated heterocycles. The Hall–Kier alpha value is -1.63. The quantitative estimate of drug-likeness (QED) is 0.748. The molecule has 0 bridgehead atoms. The fourth-order valence-electron chi connectivity index (χ4n) is 4.12. The van der Waals surface area contributed by atoms with Gasteiger partial charge in [-0.2, -0.15) is 0 Å². The van der Waals surface area contributed by atoms with Crippen molar-refractivity contribution in [3.8, 4) is 5.75 Å². The van der Waals surface area contributed by atoms with Crippen molar-refractivity contribution in [2.45, 2.75) is 37.8 Å². The molecule has 2 aliphatic heterocycles. The van der Waals surface area contributed by atoms with Crippen molar-refractivity contribution >= 4 is 5.91 Å². The number of β-amino-alcohol motifs (C(OH)–C–C–N with tert-alkyl or cyclic N) is 1. The largest absolute Gasteiger partial charge is 0.497 e. The van der Waals surface area contributed by atoms with Crippen LogP contribution in [0.2, 0.25) is 0 Å². The van der Waals surface area contributed by atoms with Gasteiger partial charge in [0.05, 0.1) is 19.3 Å². The predicted octanol–water partition coefficient (Wildman–Crippen LogP) is 1.13. The smallest absolute Gasteiger partial charge is 0.239 e. The van der Waals surface area contributed by atoms with E-state index in [2.05, 4.69) is 22.3 Å². The van der Waals surface area contributed by atoms with Crippen molar-refractivity contribution in [3.05, 3.63) is 29.8 Å². The Labute approximate surface area is 162 Å². The van der Waals surface area contributed by atoms with Crippen LogP contribution in [0.1, 0.15) is 24.8 Å². The number of rotatable bonds is 7. The van der Waals surface area contributed by atoms with Crippen molar-refractivity contribution in [3.63, 3.8) is 0 Å². The van der Waals surface area contributed by atoms with Gasteiger partial charge in [0.1, 0.15) is 5.75 Å². The number of methoxy groups -OCH3 is 1. The molecular weight excluding hydrogens is 342 g/mol. The molecule has 0 saturated carbocycles. The molecule has 0 aliphatic carbocycles. The summed E-state index contributed by atoms with van der Waals surface area (Å²) in [7, 11) is 3.59. The average Bonchev–Trinajstić information content (AvgIpc) is 3.13. The number of carbonyl (C=O) groups excluding carboxylic acids is 1. The van der Waals surface area contributed by atoms with Gasteiger partial charge in [-0.1, -0.05) is 12.1 Å². The second-order valence-electron chi connectivity index (χ2n) is 7.95. The number of carbonyl (C=O) groups is 1. The van der Waals surface area contributed by atoms with Crippen molar-refractivity contribution in [1.82, 2.24) is 15.1 Å². The van der Waals surface area contributed by atoms with E-state index in [0.717, 1.165) is 51.2 Å². The van der Waals surface area contributed by atoms with E-state index >= 15 is 0 Å². The minimum atomic E-state index is -0.388. The van der Waals surface area contributed by atoms with Gasteiger partial charge in [-0.15, -0.1) is 0 Å². The molecule has 2 atom stereocenters. The highest BCUT2D eigenvalue weighted by atomic mass is 16.5. The van der Waals surface area contributed by atoms with Gasteiger partial charge in [0.15, 0.2) is 0 Å². The highest BCUT2D eigenvalue weighted by molar-refractivity contribution is 5.82. The molecule has 6 heteroatoms. The number of nitrogens with one attached hydrogen (secondary N) is 1. The number of likely N-dealkylation sites (N-methyl/N-ethyl adjacent to an activating group) is 1. The Morgan fingerprint density at radius 1 is 1.30 bits per heavy atom. The van der Waals surface area contributed by atoms with Gasteiger partial charge >= 0.3 is 0 Å². The number of hydrogen-bond donors (Lipinski definition) is 2. The third-order valence-electron chi connectivity index (χ3n) is 5.90. The molecule has 2 N–H and O–H groups in total. The summed E-state index contributed by atoms with van der Waals surface area (Å²) in [6.07, 6.45) is 3.48. The Kier molecular flexibility index (Phi) is 7.10. The molecule has 0 aromatic heterocycles. The van der Waals surface area contributed by atoms with E-state index in [1.807, 2.05) is 24.1 Å². The van der Waals surface area contributed by atoms with Gasteiger partial charge in [0, 0.05) is 26.7 Å². The lowest BCUT2D eigenvalue weighted by Crippen LogP contribution is -2.45. The lowest BCUT2D eigenvalue weighted by Gasteiger charge is -2.34. The normalized spacial score (nSPS) is 24.1. The zero-order valence-corrected chi connectivity index (χ0v) is 16.6. The highest BCUT2D eigenvalue weighted by Gasteiger charge is 2.31. The van der Waals surface area contributed by atoms with Gasteiger partial charge in [-0.25, -0.2) is 0 Å². The van der Waals surface area contributed by atoms with Crippen LogP contribution in [0.4, 0.5) is 0 Å². The summed E-state index contributed by atoms with van der Waals surface area (Å²) < 4.78 is 5.21. The third kappa shape index (κ3) is 5.67. The van der Waals surface area contributed by atoms with E-state index in [1.54, 1.807) is 7.11 Å². The molecule has 0 unspecified atom stereocenters. The van der Waals surface area contributed by atoms with Gasteiger partial charge in [0.2, 0.25) is 5.91 Å². The van der Waals surface area contributed by atoms with Gasteiger partial charge < -0.3 is 25.0 Å². The first kappa shape index (κ1) is 20.1. The Balaban J connectivity index is 1.36. The van der Waals surface area contributed by atoms with Crippen LogP contribution in [0.25, 0.3) is 0 Å². The number of ether oxygens (including phenoxy) is 1. The molecule has 150 valence electrons. The molecule has 6 nitrogen and oxygen atoms in total. The maximum absolute atomic E-state index is 12.5. The predicted molar refractivity (Wildman–Crippen MR) is 106 cm³/mol. The average molecular weight is 376 g/mol. The van der Waals surface area contributed by atoms with Crippen LogP contribution in [0, 0.1) is 5.92 Å². The van der Waals surface area contributed by atoms with Crippen LogP contribution < -0.4 is 10.1 Å². The molecule has 0 spiro atoms. The summed E-state index contributed by atoms with van der Waals surface area (Å²) in [5, 5.41) is 12.7. The van der Waals surface area contributed by atoms with Crippen LogP contribution in [0.3, 0.4) is 0 Å². The summed E-state index contributed by atoms with van der Waals surface area (Å²) >= 11 is 0. The molecule has 2 fully saturated rings. The second kappa shape index (κ2) is 9.53. The first-order valence-electron chi connectivity index (χ1n) is 10.1. The SMILES string of the molecule is COc1ccc(CCN2CCC(CN(C)C(=O)[C@H]3C[C@@H](O)CN3)CC2)cc1. The molecular formula is C21H33N3O3. The van der Waals surface area contributed by atoms with E-state index in [0.29, 0.717) is 18.9 Å². The molecule has 3 rings (SSSR count). The summed E-state index contributed by atoms with van der Waals surface area (Å²) in [6.45, 7) is 4.63. The lowest BCUT2D eigenvalue weighted by molar-refractivity contribution is -0.132. The molecule has 0 radical (unpaired) electrons. The van der Waals surface area contributed by atoms with Crippen LogP contribution in [0.5, 0.6) is 5.75 Å². The summed E-state index contributed by atoms with van der Waals surface area (Å²) in [4.78, 5) is 16.8. The van der Waals surface area contributed by atoms with E-state index < -0.39 is 0 Å². The molecule has 1 aromatic rings. The monoisotopic (exact) mass is 375 g/mol. The zero-order chi connectivity index (χ0) is 19.2. The first-order valence-corrected chi connectivity index (χ1v) is 10.1. The number of aliphatic hydroxyl groups is 1. The minimum Gasteiger partial charge on any atom is -0.497 e. The van der Waals surface area contributed by atoms with Gasteiger partial charge in [-0.3, -0.25) is 4.79 Å². The van der Waals surface area contributed by atoms with E-state index in [9.17, 15) is 9.90 Å². The van der Waals surface area contributed by atoms with Crippen molar-refractivity contribution in [1.29, 1.82) is 0 Å². The number of likely N-dealkylation sites (tertiary alicyclic amines) is 1. The van der Waals surface area contributed by atoms with Crippen LogP contribution in [-0.2, 0) is 11.2 Å². The molecule has 2 heterocycles. The summed E-state index contributed by atoms with van der Waals surface area (Å²) in [5.74, 6) is 1.59. The maximum Gasteiger partial charge on any atom is 0.239 e. The number of hydrogen-bond acceptors (Lipinski definition) is 5. The number of amides is 1. The van der Waals surface area contributed by atoms with Crippen molar-refractivity contribution in [2.24, 2.45) is 5.92 Å². The van der Waals surface area contributed by atoms with E-state index in [1.165, 1.54) is 5.56 Å². The number of aliphatic hydroxyl groups excluding tert-OH is 1. The van der Waals surface area contributed by atoms with Crippen molar-refractivity contribution < 1.29 is 14.6 Å². The number of piperidine rings is 1. The standard InChI is InChI=1S/C21H33N3O3/c1-23(21(26)20-13-18(25)14-22-20)15-17-8-11-24(12-9-17)10-7-16-3-5-19(27-2)6-4-16/h3-6,17-18,20,22,25H,7-15H2,1-2H3/t18-,20-/m1/s1.